The van der Waals surface area contributed by atoms with Gasteiger partial charge in [0.1, 0.15) is 0 Å². The van der Waals surface area contributed by atoms with Crippen molar-refractivity contribution in [1.29, 1.82) is 0 Å². The van der Waals surface area contributed by atoms with Gasteiger partial charge in [-0.3, -0.25) is 4.79 Å². The highest BCUT2D eigenvalue weighted by Gasteiger charge is 2.12. The fourth-order valence-electron chi connectivity index (χ4n) is 2.30. The molecule has 1 unspecified atom stereocenters. The molecule has 2 N–H and O–H groups in total. The Labute approximate surface area is 128 Å². The molecule has 0 saturated carbocycles. The molecule has 0 spiro atoms. The molecule has 0 fully saturated rings. The molecule has 1 rings (SSSR count). The first-order chi connectivity index (χ1) is 10.2. The highest BCUT2D eigenvalue weighted by Crippen LogP contribution is 2.14. The fourth-order valence-corrected chi connectivity index (χ4v) is 2.30. The number of benzene rings is 1. The van der Waals surface area contributed by atoms with Crippen LogP contribution in [-0.2, 0) is 9.53 Å². The summed E-state index contributed by atoms with van der Waals surface area (Å²) in [6, 6.07) is 9.41. The van der Waals surface area contributed by atoms with Gasteiger partial charge in [-0.25, -0.2) is 0 Å². The zero-order valence-corrected chi connectivity index (χ0v) is 13.2. The minimum atomic E-state index is -0.271. The fraction of sp³-hybridized carbons (Fsp3) is 0.611. The summed E-state index contributed by atoms with van der Waals surface area (Å²) in [6.07, 6.45) is 8.80. The van der Waals surface area contributed by atoms with Gasteiger partial charge in [0.05, 0.1) is 13.0 Å². The Kier molecular flexibility index (Phi) is 9.55. The summed E-state index contributed by atoms with van der Waals surface area (Å²) in [6.45, 7) is 2.74. The summed E-state index contributed by atoms with van der Waals surface area (Å²) < 4.78 is 5.24. The highest BCUT2D eigenvalue weighted by atomic mass is 16.5. The third-order valence-electron chi connectivity index (χ3n) is 3.63. The van der Waals surface area contributed by atoms with Crippen LogP contribution in [0.15, 0.2) is 30.3 Å². The third-order valence-corrected chi connectivity index (χ3v) is 3.63. The van der Waals surface area contributed by atoms with Crippen molar-refractivity contribution in [3.63, 3.8) is 0 Å². The molecule has 3 nitrogen and oxygen atoms in total. The molecule has 1 atom stereocenters. The summed E-state index contributed by atoms with van der Waals surface area (Å²) in [5.74, 6) is -0.197. The van der Waals surface area contributed by atoms with Gasteiger partial charge in [0.2, 0.25) is 0 Å². The van der Waals surface area contributed by atoms with E-state index in [1.165, 1.54) is 32.1 Å². The van der Waals surface area contributed by atoms with Gasteiger partial charge in [0.15, 0.2) is 0 Å². The van der Waals surface area contributed by atoms with Gasteiger partial charge in [-0.15, -0.1) is 0 Å². The SMILES string of the molecule is CCCCCCCCCOC(=O)CC(N)c1ccccc1. The number of carbonyl (C=O) groups excluding carboxylic acids is 1. The van der Waals surface area contributed by atoms with Crippen molar-refractivity contribution in [1.82, 2.24) is 0 Å². The van der Waals surface area contributed by atoms with Crippen LogP contribution < -0.4 is 5.73 Å². The number of unbranched alkanes of at least 4 members (excludes halogenated alkanes) is 6. The first-order valence-corrected chi connectivity index (χ1v) is 8.20. The van der Waals surface area contributed by atoms with Crippen LogP contribution in [0.4, 0.5) is 0 Å². The van der Waals surface area contributed by atoms with E-state index in [4.69, 9.17) is 10.5 Å². The summed E-state index contributed by atoms with van der Waals surface area (Å²) in [4.78, 5) is 11.7. The third kappa shape index (κ3) is 8.51. The highest BCUT2D eigenvalue weighted by molar-refractivity contribution is 5.70. The van der Waals surface area contributed by atoms with Crippen molar-refractivity contribution in [2.45, 2.75) is 64.3 Å². The second kappa shape index (κ2) is 11.3. The number of nitrogens with two attached hydrogens (primary N) is 1. The minimum Gasteiger partial charge on any atom is -0.466 e. The zero-order chi connectivity index (χ0) is 15.3. The smallest absolute Gasteiger partial charge is 0.307 e. The van der Waals surface area contributed by atoms with E-state index in [-0.39, 0.29) is 18.4 Å². The molecule has 0 aliphatic rings. The molecular weight excluding hydrogens is 262 g/mol. The van der Waals surface area contributed by atoms with Crippen LogP contribution in [0.25, 0.3) is 0 Å². The molecule has 0 aliphatic heterocycles. The summed E-state index contributed by atoms with van der Waals surface area (Å²) in [7, 11) is 0. The average molecular weight is 291 g/mol. The van der Waals surface area contributed by atoms with E-state index < -0.39 is 0 Å². The van der Waals surface area contributed by atoms with Crippen molar-refractivity contribution >= 4 is 5.97 Å². The standard InChI is InChI=1S/C18H29NO2/c1-2-3-4-5-6-7-11-14-21-18(20)15-17(19)16-12-9-8-10-13-16/h8-10,12-13,17H,2-7,11,14-15,19H2,1H3. The van der Waals surface area contributed by atoms with Crippen LogP contribution in [0.5, 0.6) is 0 Å². The van der Waals surface area contributed by atoms with Crippen LogP contribution in [0.1, 0.15) is 69.9 Å². The van der Waals surface area contributed by atoms with E-state index in [1.54, 1.807) is 0 Å². The van der Waals surface area contributed by atoms with E-state index in [2.05, 4.69) is 6.92 Å². The largest absolute Gasteiger partial charge is 0.466 e. The normalized spacial score (nSPS) is 12.1. The van der Waals surface area contributed by atoms with E-state index in [9.17, 15) is 4.79 Å². The lowest BCUT2D eigenvalue weighted by atomic mass is 10.1. The molecule has 3 heteroatoms. The topological polar surface area (TPSA) is 52.3 Å². The van der Waals surface area contributed by atoms with Gasteiger partial charge in [-0.2, -0.15) is 0 Å². The number of ether oxygens (including phenoxy) is 1. The van der Waals surface area contributed by atoms with Crippen molar-refractivity contribution < 1.29 is 9.53 Å². The van der Waals surface area contributed by atoms with E-state index >= 15 is 0 Å². The molecule has 1 aromatic rings. The Hall–Kier alpha value is -1.35. The quantitative estimate of drug-likeness (QED) is 0.486. The summed E-state index contributed by atoms with van der Waals surface area (Å²) in [5, 5.41) is 0. The van der Waals surface area contributed by atoms with Gasteiger partial charge in [-0.05, 0) is 12.0 Å². The van der Waals surface area contributed by atoms with Crippen molar-refractivity contribution in [3.8, 4) is 0 Å². The number of hydrogen-bond acceptors (Lipinski definition) is 3. The predicted molar refractivity (Wildman–Crippen MR) is 86.9 cm³/mol. The first kappa shape index (κ1) is 17.7. The lowest BCUT2D eigenvalue weighted by Gasteiger charge is -2.11. The molecule has 0 aromatic heterocycles. The lowest BCUT2D eigenvalue weighted by molar-refractivity contribution is -0.144. The van der Waals surface area contributed by atoms with Crippen molar-refractivity contribution in [2.75, 3.05) is 6.61 Å². The minimum absolute atomic E-state index is 0.197. The van der Waals surface area contributed by atoms with Crippen LogP contribution in [0.2, 0.25) is 0 Å². The molecule has 0 radical (unpaired) electrons. The second-order valence-electron chi connectivity index (χ2n) is 5.56. The Morgan fingerprint density at radius 3 is 2.33 bits per heavy atom. The maximum absolute atomic E-state index is 11.7. The number of esters is 1. The van der Waals surface area contributed by atoms with Gasteiger partial charge >= 0.3 is 5.97 Å². The van der Waals surface area contributed by atoms with Crippen LogP contribution in [-0.4, -0.2) is 12.6 Å². The number of hydrogen-bond donors (Lipinski definition) is 1. The Balaban J connectivity index is 2.04. The predicted octanol–water partition coefficient (Wildman–Crippen LogP) is 4.37. The van der Waals surface area contributed by atoms with Crippen molar-refractivity contribution in [3.05, 3.63) is 35.9 Å². The molecule has 0 saturated heterocycles. The van der Waals surface area contributed by atoms with E-state index in [0.717, 1.165) is 18.4 Å². The Morgan fingerprint density at radius 2 is 1.67 bits per heavy atom. The summed E-state index contributed by atoms with van der Waals surface area (Å²) >= 11 is 0. The van der Waals surface area contributed by atoms with Crippen LogP contribution in [0.3, 0.4) is 0 Å². The van der Waals surface area contributed by atoms with Gasteiger partial charge in [-0.1, -0.05) is 75.8 Å². The molecule has 0 aliphatic carbocycles. The number of rotatable bonds is 11. The van der Waals surface area contributed by atoms with Gasteiger partial charge in [0.25, 0.3) is 0 Å². The molecule has 21 heavy (non-hydrogen) atoms. The maximum atomic E-state index is 11.7. The molecule has 0 bridgehead atoms. The summed E-state index contributed by atoms with van der Waals surface area (Å²) in [5.41, 5.74) is 6.97. The van der Waals surface area contributed by atoms with E-state index in [1.807, 2.05) is 30.3 Å². The van der Waals surface area contributed by atoms with Crippen molar-refractivity contribution in [2.24, 2.45) is 5.73 Å². The van der Waals surface area contributed by atoms with Crippen LogP contribution in [0, 0.1) is 0 Å². The van der Waals surface area contributed by atoms with Gasteiger partial charge < -0.3 is 10.5 Å². The monoisotopic (exact) mass is 291 g/mol. The van der Waals surface area contributed by atoms with Gasteiger partial charge in [0, 0.05) is 6.04 Å². The Bertz CT molecular complexity index is 378. The lowest BCUT2D eigenvalue weighted by Crippen LogP contribution is -2.17. The zero-order valence-electron chi connectivity index (χ0n) is 13.2. The first-order valence-electron chi connectivity index (χ1n) is 8.20. The van der Waals surface area contributed by atoms with E-state index in [0.29, 0.717) is 6.61 Å². The average Bonchev–Trinajstić information content (AvgIpc) is 2.50. The Morgan fingerprint density at radius 1 is 1.05 bits per heavy atom. The second-order valence-corrected chi connectivity index (χ2v) is 5.56. The molecule has 1 aromatic carbocycles. The maximum Gasteiger partial charge on any atom is 0.307 e. The van der Waals surface area contributed by atoms with Crippen LogP contribution >= 0.6 is 0 Å². The molecule has 0 heterocycles. The molecular formula is C18H29NO2. The molecule has 118 valence electrons. The number of carbonyl (C=O) groups is 1. The molecule has 0 amide bonds.